The van der Waals surface area contributed by atoms with E-state index in [4.69, 9.17) is 19.3 Å². The summed E-state index contributed by atoms with van der Waals surface area (Å²) in [4.78, 5) is 0. The van der Waals surface area contributed by atoms with Crippen LogP contribution in [0.1, 0.15) is 20.3 Å². The Balaban J connectivity index is 1.97. The van der Waals surface area contributed by atoms with Crippen molar-refractivity contribution in [3.8, 4) is 0 Å². The van der Waals surface area contributed by atoms with Gasteiger partial charge in [0.05, 0.1) is 12.7 Å². The van der Waals surface area contributed by atoms with Gasteiger partial charge in [-0.1, -0.05) is 0 Å². The molecule has 4 nitrogen and oxygen atoms in total. The van der Waals surface area contributed by atoms with E-state index in [0.29, 0.717) is 0 Å². The summed E-state index contributed by atoms with van der Waals surface area (Å²) in [5, 5.41) is 8.82. The molecule has 0 bridgehead atoms. The molecule has 0 spiro atoms. The van der Waals surface area contributed by atoms with Gasteiger partial charge in [0.25, 0.3) is 0 Å². The summed E-state index contributed by atoms with van der Waals surface area (Å²) in [7, 11) is 0. The largest absolute Gasteiger partial charge is 0.394 e. The smallest absolute Gasteiger partial charge is 0.187 e. The van der Waals surface area contributed by atoms with E-state index in [1.165, 1.54) is 0 Å². The Morgan fingerprint density at radius 3 is 2.75 bits per heavy atom. The molecule has 2 saturated heterocycles. The molecule has 4 heteroatoms. The van der Waals surface area contributed by atoms with Crippen molar-refractivity contribution in [3.63, 3.8) is 0 Å². The topological polar surface area (TPSA) is 47.9 Å². The minimum atomic E-state index is -0.532. The van der Waals surface area contributed by atoms with Gasteiger partial charge in [-0.25, -0.2) is 0 Å². The van der Waals surface area contributed by atoms with E-state index in [2.05, 4.69) is 0 Å². The first-order valence-corrected chi connectivity index (χ1v) is 4.23. The van der Waals surface area contributed by atoms with Crippen molar-refractivity contribution in [2.75, 3.05) is 6.61 Å². The molecule has 2 heterocycles. The van der Waals surface area contributed by atoms with E-state index in [-0.39, 0.29) is 25.1 Å². The van der Waals surface area contributed by atoms with Gasteiger partial charge < -0.3 is 19.3 Å². The Morgan fingerprint density at radius 2 is 2.17 bits per heavy atom. The lowest BCUT2D eigenvalue weighted by Gasteiger charge is -2.19. The first-order valence-electron chi connectivity index (χ1n) is 4.23. The summed E-state index contributed by atoms with van der Waals surface area (Å²) < 4.78 is 16.4. The third kappa shape index (κ3) is 1.35. The Hall–Kier alpha value is -0.160. The zero-order valence-electron chi connectivity index (χ0n) is 7.32. The molecule has 0 aromatic carbocycles. The Bertz CT molecular complexity index is 164. The summed E-state index contributed by atoms with van der Waals surface area (Å²) in [6.45, 7) is 3.77. The molecule has 70 valence electrons. The highest BCUT2D eigenvalue weighted by Crippen LogP contribution is 2.36. The van der Waals surface area contributed by atoms with Crippen LogP contribution in [0.15, 0.2) is 0 Å². The highest BCUT2D eigenvalue weighted by molar-refractivity contribution is 4.84. The lowest BCUT2D eigenvalue weighted by Crippen LogP contribution is -2.25. The van der Waals surface area contributed by atoms with Gasteiger partial charge in [-0.3, -0.25) is 0 Å². The molecular weight excluding hydrogens is 160 g/mol. The summed E-state index contributed by atoms with van der Waals surface area (Å²) in [5.41, 5.74) is 0. The fourth-order valence-electron chi connectivity index (χ4n) is 1.70. The van der Waals surface area contributed by atoms with Gasteiger partial charge in [0.15, 0.2) is 12.1 Å². The quantitative estimate of drug-likeness (QED) is 0.619. The van der Waals surface area contributed by atoms with Gasteiger partial charge in [-0.15, -0.1) is 0 Å². The van der Waals surface area contributed by atoms with Crippen LogP contribution in [0, 0.1) is 0 Å². The molecule has 0 saturated carbocycles. The number of hydrogen-bond acceptors (Lipinski definition) is 4. The maximum absolute atomic E-state index is 8.82. The molecule has 2 aliphatic heterocycles. The average molecular weight is 174 g/mol. The first kappa shape index (κ1) is 8.44. The van der Waals surface area contributed by atoms with Gasteiger partial charge in [-0.05, 0) is 13.8 Å². The van der Waals surface area contributed by atoms with Crippen molar-refractivity contribution in [1.29, 1.82) is 0 Å². The average Bonchev–Trinajstić information content (AvgIpc) is 2.40. The van der Waals surface area contributed by atoms with Crippen LogP contribution < -0.4 is 0 Å². The van der Waals surface area contributed by atoms with Gasteiger partial charge in [0.1, 0.15) is 6.10 Å². The van der Waals surface area contributed by atoms with Crippen LogP contribution in [0.3, 0.4) is 0 Å². The molecule has 0 radical (unpaired) electrons. The van der Waals surface area contributed by atoms with Gasteiger partial charge in [-0.2, -0.15) is 0 Å². The van der Waals surface area contributed by atoms with Crippen molar-refractivity contribution < 1.29 is 19.3 Å². The second kappa shape index (κ2) is 2.67. The first-order chi connectivity index (χ1) is 5.61. The predicted molar refractivity (Wildman–Crippen MR) is 40.4 cm³/mol. The lowest BCUT2D eigenvalue weighted by molar-refractivity contribution is -0.207. The molecule has 2 fully saturated rings. The van der Waals surface area contributed by atoms with Crippen LogP contribution >= 0.6 is 0 Å². The fourth-order valence-corrected chi connectivity index (χ4v) is 1.70. The Morgan fingerprint density at radius 1 is 1.42 bits per heavy atom. The van der Waals surface area contributed by atoms with Crippen LogP contribution in [-0.4, -0.2) is 36.0 Å². The summed E-state index contributed by atoms with van der Waals surface area (Å²) >= 11 is 0. The number of rotatable bonds is 1. The van der Waals surface area contributed by atoms with E-state index in [9.17, 15) is 0 Å². The molecule has 0 aliphatic carbocycles. The van der Waals surface area contributed by atoms with Gasteiger partial charge >= 0.3 is 0 Å². The monoisotopic (exact) mass is 174 g/mol. The van der Waals surface area contributed by atoms with E-state index in [1.807, 2.05) is 13.8 Å². The van der Waals surface area contributed by atoms with E-state index >= 15 is 0 Å². The molecule has 1 unspecified atom stereocenters. The number of fused-ring (bicyclic) bond motifs is 1. The molecule has 1 N–H and O–H groups in total. The third-order valence-corrected chi connectivity index (χ3v) is 2.16. The SMILES string of the molecule is CC1(C)O[C@@H]2OC(CO)C[C@@H]2O1. The van der Waals surface area contributed by atoms with Crippen LogP contribution in [-0.2, 0) is 14.2 Å². The summed E-state index contributed by atoms with van der Waals surface area (Å²) in [5.74, 6) is -0.532. The highest BCUT2D eigenvalue weighted by Gasteiger charge is 2.48. The van der Waals surface area contributed by atoms with Crippen molar-refractivity contribution in [2.24, 2.45) is 0 Å². The summed E-state index contributed by atoms with van der Waals surface area (Å²) in [6.07, 6.45) is 0.329. The molecule has 12 heavy (non-hydrogen) atoms. The van der Waals surface area contributed by atoms with Crippen molar-refractivity contribution >= 4 is 0 Å². The van der Waals surface area contributed by atoms with Crippen LogP contribution in [0.4, 0.5) is 0 Å². The predicted octanol–water partition coefficient (Wildman–Crippen LogP) is 0.245. The molecule has 2 rings (SSSR count). The highest BCUT2D eigenvalue weighted by atomic mass is 16.8. The van der Waals surface area contributed by atoms with Crippen molar-refractivity contribution in [1.82, 2.24) is 0 Å². The zero-order chi connectivity index (χ0) is 8.77. The number of aliphatic hydroxyl groups excluding tert-OH is 1. The molecule has 2 aliphatic rings. The second-order valence-electron chi connectivity index (χ2n) is 3.72. The standard InChI is InChI=1S/C8H14O4/c1-8(2)11-6-3-5(4-9)10-7(6)12-8/h5-7,9H,3-4H2,1-2H3/t5?,6-,7-/m0/s1. The van der Waals surface area contributed by atoms with Gasteiger partial charge in [0, 0.05) is 6.42 Å². The zero-order valence-corrected chi connectivity index (χ0v) is 7.32. The van der Waals surface area contributed by atoms with E-state index in [1.54, 1.807) is 0 Å². The van der Waals surface area contributed by atoms with Crippen molar-refractivity contribution in [3.05, 3.63) is 0 Å². The van der Waals surface area contributed by atoms with E-state index in [0.717, 1.165) is 6.42 Å². The number of aliphatic hydroxyl groups is 1. The molecule has 0 aromatic rings. The second-order valence-corrected chi connectivity index (χ2v) is 3.72. The Labute approximate surface area is 71.4 Å². The Kier molecular flexibility index (Phi) is 1.88. The van der Waals surface area contributed by atoms with Crippen molar-refractivity contribution in [2.45, 2.75) is 44.6 Å². The maximum atomic E-state index is 8.82. The summed E-state index contributed by atoms with van der Waals surface area (Å²) in [6, 6.07) is 0. The third-order valence-electron chi connectivity index (χ3n) is 2.16. The molecule has 0 amide bonds. The molecular formula is C8H14O4. The minimum absolute atomic E-state index is 0.00264. The van der Waals surface area contributed by atoms with E-state index < -0.39 is 5.79 Å². The normalized spacial score (nSPS) is 44.8. The van der Waals surface area contributed by atoms with Crippen LogP contribution in [0.5, 0.6) is 0 Å². The molecule has 0 aromatic heterocycles. The van der Waals surface area contributed by atoms with Crippen LogP contribution in [0.2, 0.25) is 0 Å². The van der Waals surface area contributed by atoms with Gasteiger partial charge in [0.2, 0.25) is 0 Å². The fraction of sp³-hybridized carbons (Fsp3) is 1.00. The molecule has 3 atom stereocenters. The maximum Gasteiger partial charge on any atom is 0.187 e. The number of ether oxygens (including phenoxy) is 3. The minimum Gasteiger partial charge on any atom is -0.394 e. The number of hydrogen-bond donors (Lipinski definition) is 1. The van der Waals surface area contributed by atoms with Crippen LogP contribution in [0.25, 0.3) is 0 Å². The lowest BCUT2D eigenvalue weighted by atomic mass is 10.2.